The van der Waals surface area contributed by atoms with Gasteiger partial charge in [0.05, 0.1) is 12.2 Å². The Kier molecular flexibility index (Phi) is 13.6. The summed E-state index contributed by atoms with van der Waals surface area (Å²) in [5.74, 6) is 2.25. The van der Waals surface area contributed by atoms with E-state index in [1.54, 1.807) is 5.57 Å². The predicted molar refractivity (Wildman–Crippen MR) is 214 cm³/mol. The van der Waals surface area contributed by atoms with Crippen molar-refractivity contribution in [2.24, 2.45) is 23.2 Å². The fraction of sp³-hybridized carbons (Fsp3) is 0.854. The predicted octanol–water partition coefficient (Wildman–Crippen LogP) is 13.2. The highest BCUT2D eigenvalue weighted by molar-refractivity contribution is 6.74. The molecule has 6 atom stereocenters. The van der Waals surface area contributed by atoms with Gasteiger partial charge in [0.15, 0.2) is 25.0 Å². The van der Waals surface area contributed by atoms with E-state index < -0.39 is 25.0 Å². The molecular weight excluding hydrogens is 625 g/mol. The van der Waals surface area contributed by atoms with E-state index in [-0.39, 0.29) is 22.3 Å². The molecule has 0 radical (unpaired) electrons. The van der Waals surface area contributed by atoms with E-state index in [1.165, 1.54) is 67.8 Å². The molecule has 3 nitrogen and oxygen atoms in total. The SMILES string of the molecule is C=C1[C@H](O[Si](C)(C)C(C)(C)C)CC(=CC=C2CCC[C@]3(C)[C@@H]([C@H](C)CCO[Si](CC)(CC)CC)CC[C@@H]23)C[C@H]1O[Si](C)(C)C(C)(C)C. The van der Waals surface area contributed by atoms with Crippen molar-refractivity contribution in [3.8, 4) is 0 Å². The highest BCUT2D eigenvalue weighted by Crippen LogP contribution is 2.60. The second-order valence-electron chi connectivity index (χ2n) is 19.2. The van der Waals surface area contributed by atoms with Crippen molar-refractivity contribution in [3.63, 3.8) is 0 Å². The van der Waals surface area contributed by atoms with Gasteiger partial charge in [0.2, 0.25) is 0 Å². The first-order valence-corrected chi connectivity index (χ1v) is 28.0. The van der Waals surface area contributed by atoms with Crippen molar-refractivity contribution in [1.29, 1.82) is 0 Å². The van der Waals surface area contributed by atoms with Crippen molar-refractivity contribution < 1.29 is 13.3 Å². The van der Waals surface area contributed by atoms with Crippen molar-refractivity contribution in [2.75, 3.05) is 6.61 Å². The number of hydrogen-bond acceptors (Lipinski definition) is 3. The molecule has 3 saturated carbocycles. The second kappa shape index (κ2) is 15.6. The summed E-state index contributed by atoms with van der Waals surface area (Å²) in [5, 5.41) is 0.322. The molecule has 0 bridgehead atoms. The molecule has 0 aromatic heterocycles. The molecule has 0 aliphatic heterocycles. The summed E-state index contributed by atoms with van der Waals surface area (Å²) < 4.78 is 21.0. The van der Waals surface area contributed by atoms with Crippen LogP contribution in [0.25, 0.3) is 0 Å². The lowest BCUT2D eigenvalue weighted by molar-refractivity contribution is 0.0867. The Hall–Kier alpha value is -0.249. The van der Waals surface area contributed by atoms with Crippen LogP contribution in [0.3, 0.4) is 0 Å². The molecule has 3 fully saturated rings. The topological polar surface area (TPSA) is 27.7 Å². The Bertz CT molecular complexity index is 1070. The van der Waals surface area contributed by atoms with Crippen LogP contribution < -0.4 is 0 Å². The lowest BCUT2D eigenvalue weighted by Crippen LogP contribution is -2.49. The van der Waals surface area contributed by atoms with E-state index in [1.807, 2.05) is 0 Å². The molecule has 0 amide bonds. The minimum atomic E-state index is -1.97. The number of rotatable bonds is 13. The third-order valence-electron chi connectivity index (χ3n) is 14.4. The van der Waals surface area contributed by atoms with Crippen LogP contribution in [0.5, 0.6) is 0 Å². The summed E-state index contributed by atoms with van der Waals surface area (Å²) in [5.41, 5.74) is 4.78. The first-order valence-electron chi connectivity index (χ1n) is 19.6. The molecule has 6 heteroatoms. The zero-order chi connectivity index (χ0) is 35.6. The van der Waals surface area contributed by atoms with Gasteiger partial charge in [0, 0.05) is 6.61 Å². The van der Waals surface area contributed by atoms with Crippen LogP contribution in [-0.4, -0.2) is 43.8 Å². The third-order valence-corrected chi connectivity index (χ3v) is 28.0. The average molecular weight is 703 g/mol. The van der Waals surface area contributed by atoms with Gasteiger partial charge in [-0.15, -0.1) is 0 Å². The van der Waals surface area contributed by atoms with Gasteiger partial charge in [0.1, 0.15) is 0 Å². The van der Waals surface area contributed by atoms with Crippen molar-refractivity contribution in [2.45, 2.75) is 194 Å². The van der Waals surface area contributed by atoms with Gasteiger partial charge in [-0.1, -0.05) is 106 Å². The molecule has 272 valence electrons. The number of allylic oxidation sites excluding steroid dienone is 3. The van der Waals surface area contributed by atoms with E-state index in [9.17, 15) is 0 Å². The molecule has 0 heterocycles. The fourth-order valence-electron chi connectivity index (χ4n) is 8.62. The fourth-order valence-corrected chi connectivity index (χ4v) is 13.9. The minimum Gasteiger partial charge on any atom is -0.417 e. The Morgan fingerprint density at radius 3 is 1.83 bits per heavy atom. The Morgan fingerprint density at radius 2 is 1.36 bits per heavy atom. The Labute approximate surface area is 296 Å². The highest BCUT2D eigenvalue weighted by atomic mass is 28.4. The van der Waals surface area contributed by atoms with Gasteiger partial charge in [-0.2, -0.15) is 0 Å². The van der Waals surface area contributed by atoms with E-state index in [4.69, 9.17) is 13.3 Å². The van der Waals surface area contributed by atoms with Crippen LogP contribution in [0.1, 0.15) is 128 Å². The zero-order valence-corrected chi connectivity index (χ0v) is 37.0. The van der Waals surface area contributed by atoms with Gasteiger partial charge < -0.3 is 13.3 Å². The molecule has 3 aliphatic rings. The van der Waals surface area contributed by atoms with Crippen LogP contribution in [0.4, 0.5) is 0 Å². The quantitative estimate of drug-likeness (QED) is 0.141. The monoisotopic (exact) mass is 703 g/mol. The van der Waals surface area contributed by atoms with E-state index in [2.05, 4.69) is 121 Å². The summed E-state index contributed by atoms with van der Waals surface area (Å²) in [7, 11) is -5.45. The van der Waals surface area contributed by atoms with Gasteiger partial charge in [-0.05, 0) is 135 Å². The first kappa shape index (κ1) is 41.2. The Morgan fingerprint density at radius 1 is 0.851 bits per heavy atom. The molecule has 0 N–H and O–H groups in total. The molecule has 3 rings (SSSR count). The van der Waals surface area contributed by atoms with E-state index >= 15 is 0 Å². The van der Waals surface area contributed by atoms with Crippen molar-refractivity contribution >= 4 is 25.0 Å². The van der Waals surface area contributed by atoms with Crippen molar-refractivity contribution in [1.82, 2.24) is 0 Å². The number of fused-ring (bicyclic) bond motifs is 1. The maximum Gasteiger partial charge on any atom is 0.192 e. The maximum absolute atomic E-state index is 7.11. The largest absolute Gasteiger partial charge is 0.417 e. The summed E-state index contributed by atoms with van der Waals surface area (Å²) in [6.07, 6.45) is 15.0. The summed E-state index contributed by atoms with van der Waals surface area (Å²) in [6, 6.07) is 3.76. The molecule has 0 saturated heterocycles. The summed E-state index contributed by atoms with van der Waals surface area (Å²) in [4.78, 5) is 0. The molecular formula is C41H78O3Si3. The molecule has 0 spiro atoms. The molecule has 3 aliphatic carbocycles. The van der Waals surface area contributed by atoms with Gasteiger partial charge in [-0.25, -0.2) is 0 Å². The Balaban J connectivity index is 1.83. The standard InChI is InChI=1S/C41H78O3Si3/c1-17-47(18-2,19-3)42-28-26-31(4)35-24-25-36-34(21-20-27-41(35,36)12)23-22-33-29-37(43-45(13,14)39(6,7)8)32(5)38(30-33)44-46(15,16)40(9,10)11/h22-23,31,35-38H,5,17-21,24-30H2,1-4,6-16H3/t31-,35-,36+,37-,38-,41-/m1/s1. The van der Waals surface area contributed by atoms with E-state index in [0.717, 1.165) is 31.3 Å². The van der Waals surface area contributed by atoms with Gasteiger partial charge in [-0.3, -0.25) is 0 Å². The molecule has 0 aromatic rings. The summed E-state index contributed by atoms with van der Waals surface area (Å²) in [6.45, 7) is 41.4. The number of hydrogen-bond donors (Lipinski definition) is 0. The lowest BCUT2D eigenvalue weighted by Gasteiger charge is -2.46. The molecule has 0 aromatic carbocycles. The molecule has 47 heavy (non-hydrogen) atoms. The summed E-state index contributed by atoms with van der Waals surface area (Å²) >= 11 is 0. The lowest BCUT2D eigenvalue weighted by atomic mass is 9.61. The van der Waals surface area contributed by atoms with Gasteiger partial charge in [0.25, 0.3) is 0 Å². The van der Waals surface area contributed by atoms with Crippen LogP contribution in [0, 0.1) is 23.2 Å². The highest BCUT2D eigenvalue weighted by Gasteiger charge is 2.51. The molecule has 0 unspecified atom stereocenters. The second-order valence-corrected chi connectivity index (χ2v) is 33.5. The smallest absolute Gasteiger partial charge is 0.192 e. The average Bonchev–Trinajstić information content (AvgIpc) is 3.32. The van der Waals surface area contributed by atoms with Crippen molar-refractivity contribution in [3.05, 3.63) is 35.5 Å². The van der Waals surface area contributed by atoms with Crippen LogP contribution in [0.2, 0.25) is 54.4 Å². The minimum absolute atomic E-state index is 0.0366. The normalized spacial score (nSPS) is 29.7. The maximum atomic E-state index is 7.11. The van der Waals surface area contributed by atoms with Crippen LogP contribution >= 0.6 is 0 Å². The van der Waals surface area contributed by atoms with E-state index in [0.29, 0.717) is 11.3 Å². The first-order chi connectivity index (χ1) is 21.6. The zero-order valence-electron chi connectivity index (χ0n) is 34.0. The van der Waals surface area contributed by atoms with Gasteiger partial charge >= 0.3 is 0 Å². The van der Waals surface area contributed by atoms with Crippen LogP contribution in [0.15, 0.2) is 35.5 Å². The van der Waals surface area contributed by atoms with Crippen LogP contribution in [-0.2, 0) is 13.3 Å². The third kappa shape index (κ3) is 9.36.